The zero-order chi connectivity index (χ0) is 14.1. The zero-order valence-electron chi connectivity index (χ0n) is 10.9. The molecule has 0 saturated heterocycles. The van der Waals surface area contributed by atoms with Crippen molar-refractivity contribution in [1.82, 2.24) is 9.97 Å². The molecule has 0 aliphatic carbocycles. The van der Waals surface area contributed by atoms with Crippen molar-refractivity contribution in [2.45, 2.75) is 23.0 Å². The molecule has 3 aromatic rings. The second-order valence-electron chi connectivity index (χ2n) is 4.64. The fraction of sp³-hybridized carbons (Fsp3) is 0.133. The van der Waals surface area contributed by atoms with Gasteiger partial charge in [0.05, 0.1) is 15.9 Å². The molecule has 0 saturated carbocycles. The maximum absolute atomic E-state index is 14.0. The van der Waals surface area contributed by atoms with E-state index < -0.39 is 0 Å². The molecule has 0 spiro atoms. The highest BCUT2D eigenvalue weighted by Gasteiger charge is 2.10. The molecular formula is C15H14FN3S. The number of para-hydroxylation sites is 2. The third kappa shape index (κ3) is 2.55. The molecule has 0 amide bonds. The number of fused-ring (bicyclic) bond motifs is 1. The average molecular weight is 287 g/mol. The molecule has 102 valence electrons. The molecule has 0 fully saturated rings. The van der Waals surface area contributed by atoms with Gasteiger partial charge in [0.15, 0.2) is 5.16 Å². The zero-order valence-corrected chi connectivity index (χ0v) is 11.7. The summed E-state index contributed by atoms with van der Waals surface area (Å²) in [5.74, 6) is -0.273. The van der Waals surface area contributed by atoms with Crippen LogP contribution >= 0.6 is 11.8 Å². The van der Waals surface area contributed by atoms with Gasteiger partial charge in [0.25, 0.3) is 0 Å². The Labute approximate surface area is 120 Å². The van der Waals surface area contributed by atoms with Crippen molar-refractivity contribution in [3.05, 3.63) is 53.8 Å². The molecule has 0 bridgehead atoms. The molecule has 0 aliphatic rings. The second-order valence-corrected chi connectivity index (χ2v) is 5.67. The summed E-state index contributed by atoms with van der Waals surface area (Å²) in [4.78, 5) is 8.13. The van der Waals surface area contributed by atoms with E-state index in [2.05, 4.69) is 9.97 Å². The van der Waals surface area contributed by atoms with Crippen LogP contribution < -0.4 is 5.73 Å². The summed E-state index contributed by atoms with van der Waals surface area (Å²) in [6.07, 6.45) is 0. The van der Waals surface area contributed by atoms with Gasteiger partial charge in [0.2, 0.25) is 0 Å². The summed E-state index contributed by atoms with van der Waals surface area (Å²) >= 11 is 1.28. The van der Waals surface area contributed by atoms with Crippen molar-refractivity contribution in [2.24, 2.45) is 5.73 Å². The first-order chi connectivity index (χ1) is 9.63. The van der Waals surface area contributed by atoms with E-state index in [1.807, 2.05) is 37.3 Å². The number of halogens is 1. The van der Waals surface area contributed by atoms with Gasteiger partial charge in [-0.2, -0.15) is 0 Å². The number of hydrogen-bond donors (Lipinski definition) is 2. The Morgan fingerprint density at radius 1 is 1.25 bits per heavy atom. The van der Waals surface area contributed by atoms with Crippen LogP contribution in [0.3, 0.4) is 0 Å². The highest BCUT2D eigenvalue weighted by molar-refractivity contribution is 7.99. The highest BCUT2D eigenvalue weighted by atomic mass is 32.2. The van der Waals surface area contributed by atoms with E-state index in [0.717, 1.165) is 16.6 Å². The molecule has 2 aromatic carbocycles. The van der Waals surface area contributed by atoms with Gasteiger partial charge >= 0.3 is 0 Å². The van der Waals surface area contributed by atoms with Crippen molar-refractivity contribution < 1.29 is 4.39 Å². The molecule has 1 heterocycles. The number of nitrogens with zero attached hydrogens (tertiary/aromatic N) is 1. The predicted octanol–water partition coefficient (Wildman–Crippen LogP) is 3.87. The largest absolute Gasteiger partial charge is 0.333 e. The third-order valence-corrected chi connectivity index (χ3v) is 3.99. The number of imidazole rings is 1. The fourth-order valence-electron chi connectivity index (χ4n) is 1.96. The molecule has 1 atom stereocenters. The van der Waals surface area contributed by atoms with Crippen LogP contribution in [0.2, 0.25) is 0 Å². The minimum absolute atomic E-state index is 0.172. The third-order valence-electron chi connectivity index (χ3n) is 3.06. The van der Waals surface area contributed by atoms with Crippen LogP contribution in [0.1, 0.15) is 18.5 Å². The lowest BCUT2D eigenvalue weighted by molar-refractivity contribution is 0.596. The molecular weight excluding hydrogens is 273 g/mol. The van der Waals surface area contributed by atoms with Crippen molar-refractivity contribution in [2.75, 3.05) is 0 Å². The Kier molecular flexibility index (Phi) is 3.46. The van der Waals surface area contributed by atoms with Gasteiger partial charge in [-0.3, -0.25) is 0 Å². The minimum Gasteiger partial charge on any atom is -0.333 e. The number of H-pyrrole nitrogens is 1. The molecule has 3 N–H and O–H groups in total. The maximum atomic E-state index is 14.0. The Hall–Kier alpha value is -1.85. The van der Waals surface area contributed by atoms with Crippen LogP contribution in [0.4, 0.5) is 4.39 Å². The first kappa shape index (κ1) is 13.1. The number of rotatable bonds is 3. The van der Waals surface area contributed by atoms with Gasteiger partial charge in [0.1, 0.15) is 5.82 Å². The van der Waals surface area contributed by atoms with Crippen LogP contribution in [0.25, 0.3) is 11.0 Å². The topological polar surface area (TPSA) is 54.7 Å². The number of aromatic amines is 1. The first-order valence-corrected chi connectivity index (χ1v) is 7.13. The fourth-order valence-corrected chi connectivity index (χ4v) is 2.77. The van der Waals surface area contributed by atoms with E-state index >= 15 is 0 Å². The van der Waals surface area contributed by atoms with E-state index in [-0.39, 0.29) is 11.9 Å². The molecule has 5 heteroatoms. The monoisotopic (exact) mass is 287 g/mol. The van der Waals surface area contributed by atoms with E-state index in [1.54, 1.807) is 6.07 Å². The van der Waals surface area contributed by atoms with E-state index in [0.29, 0.717) is 10.1 Å². The maximum Gasteiger partial charge on any atom is 0.171 e. The Morgan fingerprint density at radius 2 is 2.05 bits per heavy atom. The molecule has 0 aliphatic heterocycles. The van der Waals surface area contributed by atoms with Crippen LogP contribution in [0.15, 0.2) is 52.5 Å². The second kappa shape index (κ2) is 5.26. The summed E-state index contributed by atoms with van der Waals surface area (Å²) in [6.45, 7) is 1.83. The molecule has 3 rings (SSSR count). The quantitative estimate of drug-likeness (QED) is 0.768. The van der Waals surface area contributed by atoms with Gasteiger partial charge in [-0.1, -0.05) is 18.2 Å². The normalized spacial score (nSPS) is 12.8. The number of nitrogens with one attached hydrogen (secondary N) is 1. The average Bonchev–Trinajstić information content (AvgIpc) is 2.83. The van der Waals surface area contributed by atoms with Gasteiger partial charge < -0.3 is 10.7 Å². The number of benzene rings is 2. The van der Waals surface area contributed by atoms with Gasteiger partial charge in [-0.25, -0.2) is 9.37 Å². The summed E-state index contributed by atoms with van der Waals surface area (Å²) < 4.78 is 14.0. The minimum atomic E-state index is -0.273. The van der Waals surface area contributed by atoms with Crippen molar-refractivity contribution in [3.63, 3.8) is 0 Å². The summed E-state index contributed by atoms with van der Waals surface area (Å²) in [7, 11) is 0. The molecule has 1 aromatic heterocycles. The first-order valence-electron chi connectivity index (χ1n) is 6.31. The van der Waals surface area contributed by atoms with Gasteiger partial charge in [-0.05, 0) is 48.5 Å². The highest BCUT2D eigenvalue weighted by Crippen LogP contribution is 2.30. The molecule has 0 unspecified atom stereocenters. The van der Waals surface area contributed by atoms with Crippen molar-refractivity contribution in [1.29, 1.82) is 0 Å². The Balaban J connectivity index is 1.90. The Morgan fingerprint density at radius 3 is 2.75 bits per heavy atom. The van der Waals surface area contributed by atoms with E-state index in [1.165, 1.54) is 17.8 Å². The lowest BCUT2D eigenvalue weighted by Gasteiger charge is -2.07. The van der Waals surface area contributed by atoms with Gasteiger partial charge in [0, 0.05) is 6.04 Å². The number of hydrogen-bond acceptors (Lipinski definition) is 3. The van der Waals surface area contributed by atoms with Gasteiger partial charge in [-0.15, -0.1) is 0 Å². The standard InChI is InChI=1S/C15H14FN3S/c1-9(17)10-6-7-14(11(16)8-10)20-15-18-12-4-2-3-5-13(12)19-15/h2-9H,17H2,1H3,(H,18,19)/t9-/m1/s1. The van der Waals surface area contributed by atoms with Crippen molar-refractivity contribution in [3.8, 4) is 0 Å². The van der Waals surface area contributed by atoms with E-state index in [4.69, 9.17) is 5.73 Å². The van der Waals surface area contributed by atoms with Crippen LogP contribution in [0, 0.1) is 5.82 Å². The van der Waals surface area contributed by atoms with Crippen LogP contribution in [-0.2, 0) is 0 Å². The van der Waals surface area contributed by atoms with Crippen LogP contribution in [-0.4, -0.2) is 9.97 Å². The lowest BCUT2D eigenvalue weighted by Crippen LogP contribution is -2.05. The summed E-state index contributed by atoms with van der Waals surface area (Å²) in [6, 6.07) is 12.6. The number of nitrogens with two attached hydrogens (primary N) is 1. The van der Waals surface area contributed by atoms with Crippen LogP contribution in [0.5, 0.6) is 0 Å². The molecule has 0 radical (unpaired) electrons. The number of aromatic nitrogens is 2. The van der Waals surface area contributed by atoms with Crippen molar-refractivity contribution >= 4 is 22.8 Å². The molecule has 3 nitrogen and oxygen atoms in total. The SMILES string of the molecule is C[C@@H](N)c1ccc(Sc2nc3ccccc3[nH]2)c(F)c1. The van der Waals surface area contributed by atoms with E-state index in [9.17, 15) is 4.39 Å². The lowest BCUT2D eigenvalue weighted by atomic mass is 10.1. The summed E-state index contributed by atoms with van der Waals surface area (Å²) in [5.41, 5.74) is 8.36. The summed E-state index contributed by atoms with van der Waals surface area (Å²) in [5, 5.41) is 0.679. The Bertz CT molecular complexity index is 719. The smallest absolute Gasteiger partial charge is 0.171 e. The predicted molar refractivity (Wildman–Crippen MR) is 79.2 cm³/mol. The molecule has 20 heavy (non-hydrogen) atoms.